The number of carbonyl (C=O) groups excluding carboxylic acids is 1. The summed E-state index contributed by atoms with van der Waals surface area (Å²) in [5.74, 6) is 0.498. The zero-order valence-electron chi connectivity index (χ0n) is 17.1. The van der Waals surface area contributed by atoms with Crippen LogP contribution >= 0.6 is 24.0 Å². The average Bonchev–Trinajstić information content (AvgIpc) is 2.68. The molecule has 0 radical (unpaired) electrons. The number of likely N-dealkylation sites (tertiary alicyclic amines) is 1. The Labute approximate surface area is 192 Å². The highest BCUT2D eigenvalue weighted by Crippen LogP contribution is 2.30. The molecule has 11 heteroatoms. The van der Waals surface area contributed by atoms with Crippen LogP contribution in [0.4, 0.5) is 13.6 Å². The van der Waals surface area contributed by atoms with Gasteiger partial charge in [0, 0.05) is 19.1 Å². The van der Waals surface area contributed by atoms with Gasteiger partial charge < -0.3 is 30.2 Å². The molecule has 0 aliphatic carbocycles. The van der Waals surface area contributed by atoms with Crippen molar-refractivity contribution in [2.45, 2.75) is 45.9 Å². The monoisotopic (exact) mass is 542 g/mol. The number of aliphatic imine (C=N–C) groups is 1. The van der Waals surface area contributed by atoms with Crippen LogP contribution in [0.25, 0.3) is 0 Å². The molecule has 1 aliphatic rings. The normalized spacial score (nSPS) is 14.8. The van der Waals surface area contributed by atoms with E-state index >= 15 is 0 Å². The topological polar surface area (TPSA) is 98.4 Å². The van der Waals surface area contributed by atoms with Crippen LogP contribution in [0.1, 0.15) is 32.3 Å². The summed E-state index contributed by atoms with van der Waals surface area (Å²) >= 11 is 0. The quantitative estimate of drug-likeness (QED) is 0.297. The van der Waals surface area contributed by atoms with Crippen LogP contribution in [0.15, 0.2) is 23.2 Å². The molecule has 1 saturated heterocycles. The Morgan fingerprint density at radius 1 is 1.27 bits per heavy atom. The van der Waals surface area contributed by atoms with Crippen molar-refractivity contribution in [1.29, 1.82) is 0 Å². The van der Waals surface area contributed by atoms with E-state index in [0.717, 1.165) is 18.4 Å². The number of nitrogens with two attached hydrogens (primary N) is 1. The molecule has 8 nitrogen and oxygen atoms in total. The molecule has 0 atom stereocenters. The smallest absolute Gasteiger partial charge is 0.409 e. The summed E-state index contributed by atoms with van der Waals surface area (Å²) in [5, 5.41) is 3.15. The van der Waals surface area contributed by atoms with Gasteiger partial charge in [-0.25, -0.2) is 9.79 Å². The molecule has 0 spiro atoms. The zero-order chi connectivity index (χ0) is 21.2. The first-order valence-electron chi connectivity index (χ1n) is 9.61. The number of benzene rings is 1. The maximum absolute atomic E-state index is 12.5. The summed E-state index contributed by atoms with van der Waals surface area (Å²) in [6, 6.07) is 4.78. The van der Waals surface area contributed by atoms with Crippen molar-refractivity contribution in [1.82, 2.24) is 10.2 Å². The Hall–Kier alpha value is -2.05. The van der Waals surface area contributed by atoms with Gasteiger partial charge in [-0.05, 0) is 44.4 Å². The summed E-state index contributed by atoms with van der Waals surface area (Å²) in [6.07, 6.45) is 1.18. The maximum Gasteiger partial charge on any atom is 0.409 e. The number of ether oxygens (including phenoxy) is 3. The third-order valence-electron chi connectivity index (χ3n) is 4.33. The lowest BCUT2D eigenvalue weighted by Gasteiger charge is -2.31. The molecule has 1 aromatic carbocycles. The van der Waals surface area contributed by atoms with E-state index in [1.54, 1.807) is 30.9 Å². The first-order chi connectivity index (χ1) is 13.9. The Morgan fingerprint density at radius 3 is 2.57 bits per heavy atom. The predicted octanol–water partition coefficient (Wildman–Crippen LogP) is 3.33. The number of alkyl halides is 2. The van der Waals surface area contributed by atoms with Crippen LogP contribution in [0.2, 0.25) is 0 Å². The van der Waals surface area contributed by atoms with E-state index in [-0.39, 0.29) is 60.1 Å². The number of amides is 1. The Morgan fingerprint density at radius 2 is 1.97 bits per heavy atom. The lowest BCUT2D eigenvalue weighted by molar-refractivity contribution is -0.0514. The van der Waals surface area contributed by atoms with Crippen LogP contribution in [0, 0.1) is 0 Å². The van der Waals surface area contributed by atoms with E-state index in [0.29, 0.717) is 26.3 Å². The molecule has 0 unspecified atom stereocenters. The van der Waals surface area contributed by atoms with Crippen molar-refractivity contribution in [2.24, 2.45) is 10.7 Å². The lowest BCUT2D eigenvalue weighted by atomic mass is 10.1. The first kappa shape index (κ1) is 26.0. The summed E-state index contributed by atoms with van der Waals surface area (Å²) in [5.41, 5.74) is 6.71. The number of hydrogen-bond acceptors (Lipinski definition) is 5. The maximum atomic E-state index is 12.5. The van der Waals surface area contributed by atoms with E-state index in [2.05, 4.69) is 15.0 Å². The van der Waals surface area contributed by atoms with Gasteiger partial charge in [0.1, 0.15) is 0 Å². The van der Waals surface area contributed by atoms with E-state index in [4.69, 9.17) is 15.2 Å². The SMILES string of the molecule is CCOC(=O)N1CCC(NC(N)=NCc2ccc(OC(F)F)c(OCC)c2)CC1.I. The number of nitrogens with one attached hydrogen (secondary N) is 1. The fraction of sp³-hybridized carbons (Fsp3) is 0.579. The Balaban J connectivity index is 0.00000450. The molecule has 1 fully saturated rings. The van der Waals surface area contributed by atoms with E-state index in [9.17, 15) is 13.6 Å². The van der Waals surface area contributed by atoms with Crippen LogP contribution in [-0.2, 0) is 11.3 Å². The molecule has 0 saturated carbocycles. The number of guanidine groups is 1. The summed E-state index contributed by atoms with van der Waals surface area (Å²) < 4.78 is 39.8. The first-order valence-corrected chi connectivity index (χ1v) is 9.61. The minimum Gasteiger partial charge on any atom is -0.490 e. The second kappa shape index (κ2) is 13.3. The van der Waals surface area contributed by atoms with Crippen molar-refractivity contribution >= 4 is 36.0 Å². The largest absolute Gasteiger partial charge is 0.490 e. The molecule has 1 heterocycles. The Bertz CT molecular complexity index is 701. The molecule has 30 heavy (non-hydrogen) atoms. The van der Waals surface area contributed by atoms with Crippen LogP contribution in [0.5, 0.6) is 11.5 Å². The molecule has 0 aromatic heterocycles. The molecule has 1 aliphatic heterocycles. The molecule has 2 rings (SSSR count). The van der Waals surface area contributed by atoms with Crippen LogP contribution in [0.3, 0.4) is 0 Å². The number of halogens is 3. The minimum atomic E-state index is -2.92. The number of piperidine rings is 1. The average molecular weight is 542 g/mol. The van der Waals surface area contributed by atoms with Gasteiger partial charge in [-0.15, -0.1) is 24.0 Å². The van der Waals surface area contributed by atoms with Crippen molar-refractivity contribution in [2.75, 3.05) is 26.3 Å². The van der Waals surface area contributed by atoms with E-state index in [1.165, 1.54) is 6.07 Å². The third kappa shape index (κ3) is 8.36. The third-order valence-corrected chi connectivity index (χ3v) is 4.33. The fourth-order valence-electron chi connectivity index (χ4n) is 2.96. The number of hydrogen-bond donors (Lipinski definition) is 2. The Kier molecular flexibility index (Phi) is 11.5. The number of rotatable bonds is 8. The molecule has 1 amide bonds. The highest BCUT2D eigenvalue weighted by atomic mass is 127. The van der Waals surface area contributed by atoms with Gasteiger partial charge in [-0.3, -0.25) is 0 Å². The fourth-order valence-corrected chi connectivity index (χ4v) is 2.96. The van der Waals surface area contributed by atoms with Crippen LogP contribution in [-0.4, -0.2) is 55.9 Å². The zero-order valence-corrected chi connectivity index (χ0v) is 19.4. The van der Waals surface area contributed by atoms with Gasteiger partial charge >= 0.3 is 12.7 Å². The van der Waals surface area contributed by atoms with Crippen molar-refractivity contribution in [3.05, 3.63) is 23.8 Å². The van der Waals surface area contributed by atoms with Gasteiger partial charge in [-0.1, -0.05) is 6.07 Å². The van der Waals surface area contributed by atoms with Crippen molar-refractivity contribution < 1.29 is 27.8 Å². The van der Waals surface area contributed by atoms with Gasteiger partial charge in [0.05, 0.1) is 19.8 Å². The van der Waals surface area contributed by atoms with Crippen molar-refractivity contribution in [3.8, 4) is 11.5 Å². The highest BCUT2D eigenvalue weighted by Gasteiger charge is 2.23. The van der Waals surface area contributed by atoms with Crippen LogP contribution < -0.4 is 20.5 Å². The molecular weight excluding hydrogens is 513 g/mol. The molecule has 0 bridgehead atoms. The van der Waals surface area contributed by atoms with Gasteiger partial charge in [0.2, 0.25) is 0 Å². The summed E-state index contributed by atoms with van der Waals surface area (Å²) in [7, 11) is 0. The number of nitrogens with zero attached hydrogens (tertiary/aromatic N) is 2. The predicted molar refractivity (Wildman–Crippen MR) is 120 cm³/mol. The number of carbonyl (C=O) groups is 1. The lowest BCUT2D eigenvalue weighted by Crippen LogP contribution is -2.48. The second-order valence-electron chi connectivity index (χ2n) is 6.40. The molecule has 3 N–H and O–H groups in total. The second-order valence-corrected chi connectivity index (χ2v) is 6.40. The minimum absolute atomic E-state index is 0. The standard InChI is InChI=1S/C19H28F2N4O4.HI/c1-3-27-16-11-13(5-6-15(16)29-17(20)21)12-23-18(22)24-14-7-9-25(10-8-14)19(26)28-4-2;/h5-6,11,14,17H,3-4,7-10,12H2,1-2H3,(H3,22,23,24);1H. The molecule has 1 aromatic rings. The molecule has 170 valence electrons. The van der Waals surface area contributed by atoms with Gasteiger partial charge in [-0.2, -0.15) is 8.78 Å². The van der Waals surface area contributed by atoms with Gasteiger partial charge in [0.15, 0.2) is 17.5 Å². The van der Waals surface area contributed by atoms with Gasteiger partial charge in [0.25, 0.3) is 0 Å². The van der Waals surface area contributed by atoms with E-state index < -0.39 is 6.61 Å². The summed E-state index contributed by atoms with van der Waals surface area (Å²) in [6.45, 7) is 2.73. The molecular formula is C19H29F2IN4O4. The highest BCUT2D eigenvalue weighted by molar-refractivity contribution is 14.0. The van der Waals surface area contributed by atoms with E-state index in [1.807, 2.05) is 0 Å². The van der Waals surface area contributed by atoms with Crippen molar-refractivity contribution in [3.63, 3.8) is 0 Å². The summed E-state index contributed by atoms with van der Waals surface area (Å²) in [4.78, 5) is 17.7.